The standard InChI is InChI=1S/C14H28N2O4/c1-5-11(4)15-13(18)8-16(12(6-2)9-17)7-10(3)14(19)20/h10-12,17H,5-9H2,1-4H3,(H,15,18)(H,19,20). The summed E-state index contributed by atoms with van der Waals surface area (Å²) in [7, 11) is 0. The predicted octanol–water partition coefficient (Wildman–Crippen LogP) is 0.695. The molecule has 6 nitrogen and oxygen atoms in total. The van der Waals surface area contributed by atoms with Gasteiger partial charge in [-0.25, -0.2) is 0 Å². The smallest absolute Gasteiger partial charge is 0.307 e. The van der Waals surface area contributed by atoms with Gasteiger partial charge in [-0.2, -0.15) is 0 Å². The molecule has 0 rings (SSSR count). The van der Waals surface area contributed by atoms with Gasteiger partial charge in [0, 0.05) is 18.6 Å². The minimum absolute atomic E-state index is 0.0839. The van der Waals surface area contributed by atoms with Crippen LogP contribution in [0, 0.1) is 5.92 Å². The molecule has 0 aromatic carbocycles. The van der Waals surface area contributed by atoms with E-state index < -0.39 is 11.9 Å². The van der Waals surface area contributed by atoms with Crippen LogP contribution in [0.5, 0.6) is 0 Å². The molecule has 3 N–H and O–H groups in total. The number of nitrogens with one attached hydrogen (secondary N) is 1. The molecule has 0 aromatic rings. The molecule has 0 bridgehead atoms. The summed E-state index contributed by atoms with van der Waals surface area (Å²) in [5.74, 6) is -1.61. The highest BCUT2D eigenvalue weighted by Crippen LogP contribution is 2.08. The third-order valence-corrected chi connectivity index (χ3v) is 3.49. The number of nitrogens with zero attached hydrogens (tertiary/aromatic N) is 1. The maximum absolute atomic E-state index is 11.9. The Balaban J connectivity index is 4.67. The molecule has 0 fully saturated rings. The molecule has 3 atom stereocenters. The van der Waals surface area contributed by atoms with E-state index in [1.165, 1.54) is 0 Å². The number of carboxylic acids is 1. The van der Waals surface area contributed by atoms with E-state index in [4.69, 9.17) is 5.11 Å². The van der Waals surface area contributed by atoms with Crippen LogP contribution in [0.3, 0.4) is 0 Å². The van der Waals surface area contributed by atoms with E-state index in [2.05, 4.69) is 5.32 Å². The summed E-state index contributed by atoms with van der Waals surface area (Å²) in [6.45, 7) is 7.70. The fourth-order valence-electron chi connectivity index (χ4n) is 1.88. The fraction of sp³-hybridized carbons (Fsp3) is 0.857. The lowest BCUT2D eigenvalue weighted by Gasteiger charge is -2.30. The second kappa shape index (κ2) is 9.72. The second-order valence-corrected chi connectivity index (χ2v) is 5.29. The summed E-state index contributed by atoms with van der Waals surface area (Å²) in [5, 5.41) is 21.2. The molecule has 6 heteroatoms. The zero-order chi connectivity index (χ0) is 15.7. The number of carbonyl (C=O) groups is 2. The summed E-state index contributed by atoms with van der Waals surface area (Å²) in [6.07, 6.45) is 1.51. The molecule has 0 aliphatic carbocycles. The molecule has 0 aliphatic rings. The third-order valence-electron chi connectivity index (χ3n) is 3.49. The zero-order valence-electron chi connectivity index (χ0n) is 12.9. The van der Waals surface area contributed by atoms with E-state index in [9.17, 15) is 14.7 Å². The van der Waals surface area contributed by atoms with E-state index in [-0.39, 0.29) is 37.7 Å². The van der Waals surface area contributed by atoms with E-state index in [1.54, 1.807) is 11.8 Å². The number of carbonyl (C=O) groups excluding carboxylic acids is 1. The van der Waals surface area contributed by atoms with Gasteiger partial charge in [0.15, 0.2) is 0 Å². The van der Waals surface area contributed by atoms with Crippen molar-refractivity contribution in [1.29, 1.82) is 0 Å². The number of carboxylic acid groups (broad SMARTS) is 1. The topological polar surface area (TPSA) is 89.9 Å². The highest BCUT2D eigenvalue weighted by atomic mass is 16.4. The average Bonchev–Trinajstić information content (AvgIpc) is 2.39. The fourth-order valence-corrected chi connectivity index (χ4v) is 1.88. The zero-order valence-corrected chi connectivity index (χ0v) is 12.9. The molecule has 0 spiro atoms. The first kappa shape index (κ1) is 18.9. The van der Waals surface area contributed by atoms with Crippen molar-refractivity contribution in [2.45, 2.75) is 52.6 Å². The Kier molecular flexibility index (Phi) is 9.16. The van der Waals surface area contributed by atoms with Crippen molar-refractivity contribution >= 4 is 11.9 Å². The SMILES string of the molecule is CCC(C)NC(=O)CN(CC(C)C(=O)O)C(CC)CO. The highest BCUT2D eigenvalue weighted by Gasteiger charge is 2.24. The lowest BCUT2D eigenvalue weighted by Crippen LogP contribution is -2.48. The normalized spacial score (nSPS) is 15.7. The molecular weight excluding hydrogens is 260 g/mol. The molecule has 1 amide bonds. The van der Waals surface area contributed by atoms with Crippen LogP contribution in [0.4, 0.5) is 0 Å². The van der Waals surface area contributed by atoms with Crippen LogP contribution in [-0.4, -0.2) is 58.8 Å². The van der Waals surface area contributed by atoms with Gasteiger partial charge in [0.1, 0.15) is 0 Å². The highest BCUT2D eigenvalue weighted by molar-refractivity contribution is 5.78. The van der Waals surface area contributed by atoms with E-state index in [1.807, 2.05) is 20.8 Å². The number of aliphatic carboxylic acids is 1. The summed E-state index contributed by atoms with van der Waals surface area (Å²) in [5.41, 5.74) is 0. The number of hydrogen-bond donors (Lipinski definition) is 3. The molecule has 3 unspecified atom stereocenters. The van der Waals surface area contributed by atoms with Gasteiger partial charge in [0.05, 0.1) is 19.1 Å². The number of aliphatic hydroxyl groups is 1. The molecule has 0 aromatic heterocycles. The Morgan fingerprint density at radius 3 is 2.20 bits per heavy atom. The predicted molar refractivity (Wildman–Crippen MR) is 77.4 cm³/mol. The molecular formula is C14H28N2O4. The van der Waals surface area contributed by atoms with Crippen molar-refractivity contribution in [3.8, 4) is 0 Å². The van der Waals surface area contributed by atoms with Crippen molar-refractivity contribution in [3.63, 3.8) is 0 Å². The summed E-state index contributed by atoms with van der Waals surface area (Å²) < 4.78 is 0. The number of hydrogen-bond acceptors (Lipinski definition) is 4. The maximum atomic E-state index is 11.9. The van der Waals surface area contributed by atoms with Gasteiger partial charge in [0.25, 0.3) is 0 Å². The van der Waals surface area contributed by atoms with Gasteiger partial charge in [0.2, 0.25) is 5.91 Å². The minimum atomic E-state index is -0.898. The summed E-state index contributed by atoms with van der Waals surface area (Å²) in [4.78, 5) is 24.6. The first-order chi connectivity index (χ1) is 9.35. The largest absolute Gasteiger partial charge is 0.481 e. The number of aliphatic hydroxyl groups excluding tert-OH is 1. The van der Waals surface area contributed by atoms with Crippen LogP contribution in [-0.2, 0) is 9.59 Å². The third kappa shape index (κ3) is 6.86. The van der Waals surface area contributed by atoms with Crippen LogP contribution in [0.2, 0.25) is 0 Å². The first-order valence-corrected chi connectivity index (χ1v) is 7.22. The van der Waals surface area contributed by atoms with Crippen LogP contribution in [0.1, 0.15) is 40.5 Å². The van der Waals surface area contributed by atoms with E-state index in [0.717, 1.165) is 6.42 Å². The Hall–Kier alpha value is -1.14. The second-order valence-electron chi connectivity index (χ2n) is 5.29. The van der Waals surface area contributed by atoms with Crippen LogP contribution < -0.4 is 5.32 Å². The monoisotopic (exact) mass is 288 g/mol. The van der Waals surface area contributed by atoms with Gasteiger partial charge in [-0.3, -0.25) is 14.5 Å². The van der Waals surface area contributed by atoms with Gasteiger partial charge in [-0.15, -0.1) is 0 Å². The molecule has 0 radical (unpaired) electrons. The molecule has 20 heavy (non-hydrogen) atoms. The van der Waals surface area contributed by atoms with Crippen LogP contribution in [0.15, 0.2) is 0 Å². The van der Waals surface area contributed by atoms with Crippen molar-refractivity contribution in [2.75, 3.05) is 19.7 Å². The van der Waals surface area contributed by atoms with Crippen LogP contribution in [0.25, 0.3) is 0 Å². The molecule has 118 valence electrons. The summed E-state index contributed by atoms with van der Waals surface area (Å²) >= 11 is 0. The van der Waals surface area contributed by atoms with Crippen molar-refractivity contribution < 1.29 is 19.8 Å². The molecule has 0 saturated heterocycles. The Bertz CT molecular complexity index is 306. The number of amides is 1. The van der Waals surface area contributed by atoms with Crippen molar-refractivity contribution in [2.24, 2.45) is 5.92 Å². The Morgan fingerprint density at radius 2 is 1.80 bits per heavy atom. The Labute approximate surface area is 121 Å². The summed E-state index contributed by atoms with van der Waals surface area (Å²) in [6, 6.07) is -0.102. The van der Waals surface area contributed by atoms with Crippen molar-refractivity contribution in [1.82, 2.24) is 10.2 Å². The molecule has 0 aliphatic heterocycles. The van der Waals surface area contributed by atoms with Gasteiger partial charge in [-0.1, -0.05) is 20.8 Å². The van der Waals surface area contributed by atoms with Gasteiger partial charge < -0.3 is 15.5 Å². The minimum Gasteiger partial charge on any atom is -0.481 e. The Morgan fingerprint density at radius 1 is 1.20 bits per heavy atom. The number of rotatable bonds is 10. The van der Waals surface area contributed by atoms with E-state index >= 15 is 0 Å². The first-order valence-electron chi connectivity index (χ1n) is 7.22. The lowest BCUT2D eigenvalue weighted by atomic mass is 10.1. The van der Waals surface area contributed by atoms with Crippen molar-refractivity contribution in [3.05, 3.63) is 0 Å². The van der Waals surface area contributed by atoms with Gasteiger partial charge >= 0.3 is 5.97 Å². The maximum Gasteiger partial charge on any atom is 0.307 e. The quantitative estimate of drug-likeness (QED) is 0.550. The van der Waals surface area contributed by atoms with Gasteiger partial charge in [-0.05, 0) is 19.8 Å². The molecule has 0 heterocycles. The lowest BCUT2D eigenvalue weighted by molar-refractivity contribution is -0.142. The average molecular weight is 288 g/mol. The van der Waals surface area contributed by atoms with Crippen LogP contribution >= 0.6 is 0 Å². The molecule has 0 saturated carbocycles. The van der Waals surface area contributed by atoms with E-state index in [0.29, 0.717) is 6.42 Å².